The minimum atomic E-state index is -0.245. The Morgan fingerprint density at radius 3 is 3.00 bits per heavy atom. The second-order valence-electron chi connectivity index (χ2n) is 6.72. The monoisotopic (exact) mass is 358 g/mol. The van der Waals surface area contributed by atoms with Crippen molar-refractivity contribution >= 4 is 5.91 Å². The number of hydrogen-bond acceptors (Lipinski definition) is 5. The number of hydrogen-bond donors (Lipinski definition) is 1. The van der Waals surface area contributed by atoms with Gasteiger partial charge in [0.1, 0.15) is 12.4 Å². The molecule has 0 saturated carbocycles. The average molecular weight is 358 g/mol. The maximum absolute atomic E-state index is 12.4. The Morgan fingerprint density at radius 2 is 2.12 bits per heavy atom. The highest BCUT2D eigenvalue weighted by Gasteiger charge is 2.19. The molecular weight excluding hydrogens is 336 g/mol. The van der Waals surface area contributed by atoms with Crippen molar-refractivity contribution in [2.24, 2.45) is 0 Å². The van der Waals surface area contributed by atoms with E-state index in [1.807, 2.05) is 25.1 Å². The molecule has 0 aliphatic carbocycles. The molecule has 26 heavy (non-hydrogen) atoms. The van der Waals surface area contributed by atoms with Crippen LogP contribution in [0.5, 0.6) is 11.5 Å². The summed E-state index contributed by atoms with van der Waals surface area (Å²) in [5.41, 5.74) is 0.711. The van der Waals surface area contributed by atoms with Crippen molar-refractivity contribution in [3.63, 3.8) is 0 Å². The Bertz CT molecular complexity index is 886. The van der Waals surface area contributed by atoms with E-state index in [0.717, 1.165) is 37.1 Å². The van der Waals surface area contributed by atoms with Gasteiger partial charge in [0, 0.05) is 13.0 Å². The van der Waals surface area contributed by atoms with Crippen LogP contribution in [0.2, 0.25) is 0 Å². The molecule has 4 rings (SSSR count). The molecule has 0 radical (unpaired) electrons. The molecule has 1 aromatic heterocycles. The molecule has 1 aromatic carbocycles. The highest BCUT2D eigenvalue weighted by atomic mass is 16.7. The Balaban J connectivity index is 1.43. The summed E-state index contributed by atoms with van der Waals surface area (Å²) in [7, 11) is 0. The highest BCUT2D eigenvalue weighted by Crippen LogP contribution is 2.34. The summed E-state index contributed by atoms with van der Waals surface area (Å²) >= 11 is 0. The van der Waals surface area contributed by atoms with Crippen LogP contribution in [0.15, 0.2) is 23.0 Å². The van der Waals surface area contributed by atoms with Crippen LogP contribution >= 0.6 is 0 Å². The van der Waals surface area contributed by atoms with Crippen LogP contribution < -0.4 is 20.5 Å². The van der Waals surface area contributed by atoms with Gasteiger partial charge in [-0.15, -0.1) is 0 Å². The first-order valence-electron chi connectivity index (χ1n) is 8.97. The van der Waals surface area contributed by atoms with E-state index in [4.69, 9.17) is 9.47 Å². The van der Waals surface area contributed by atoms with E-state index in [0.29, 0.717) is 18.0 Å². The fourth-order valence-electron chi connectivity index (χ4n) is 3.42. The summed E-state index contributed by atoms with van der Waals surface area (Å²) in [6.07, 6.45) is 3.91. The van der Waals surface area contributed by atoms with E-state index in [-0.39, 0.29) is 31.0 Å². The normalized spacial score (nSPS) is 16.7. The third-order valence-corrected chi connectivity index (χ3v) is 4.85. The maximum atomic E-state index is 12.4. The third kappa shape index (κ3) is 3.18. The number of aromatic nitrogens is 3. The van der Waals surface area contributed by atoms with Crippen LogP contribution in [-0.4, -0.2) is 27.0 Å². The first-order chi connectivity index (χ1) is 12.6. The molecule has 1 unspecified atom stereocenters. The standard InChI is InChI=1S/C18H22N4O4/c1-12(13-6-7-14-15(9-13)26-11-25-14)19-17(23)10-22-18(24)21-8-4-2-3-5-16(21)20-22/h6-7,9,12H,2-5,8,10-11H2,1H3,(H,19,23). The van der Waals surface area contributed by atoms with Gasteiger partial charge in [0.25, 0.3) is 0 Å². The van der Waals surface area contributed by atoms with Crippen molar-refractivity contribution in [1.82, 2.24) is 19.7 Å². The van der Waals surface area contributed by atoms with Crippen molar-refractivity contribution in [2.75, 3.05) is 6.79 Å². The van der Waals surface area contributed by atoms with Gasteiger partial charge in [-0.1, -0.05) is 12.5 Å². The number of rotatable bonds is 4. The molecule has 8 nitrogen and oxygen atoms in total. The number of amides is 1. The molecule has 0 spiro atoms. The van der Waals surface area contributed by atoms with Gasteiger partial charge in [0.05, 0.1) is 6.04 Å². The third-order valence-electron chi connectivity index (χ3n) is 4.85. The van der Waals surface area contributed by atoms with E-state index in [1.165, 1.54) is 4.68 Å². The Labute approximate surface area is 150 Å². The molecule has 2 aromatic rings. The quantitative estimate of drug-likeness (QED) is 0.892. The van der Waals surface area contributed by atoms with Crippen molar-refractivity contribution in [3.05, 3.63) is 40.1 Å². The predicted octanol–water partition coefficient (Wildman–Crippen LogP) is 1.38. The van der Waals surface area contributed by atoms with Gasteiger partial charge in [-0.05, 0) is 37.5 Å². The fourth-order valence-corrected chi connectivity index (χ4v) is 3.42. The van der Waals surface area contributed by atoms with E-state index in [2.05, 4.69) is 10.4 Å². The zero-order valence-electron chi connectivity index (χ0n) is 14.7. The van der Waals surface area contributed by atoms with Crippen molar-refractivity contribution in [3.8, 4) is 11.5 Å². The summed E-state index contributed by atoms with van der Waals surface area (Å²) in [5, 5.41) is 7.26. The van der Waals surface area contributed by atoms with E-state index < -0.39 is 0 Å². The van der Waals surface area contributed by atoms with Gasteiger partial charge in [-0.25, -0.2) is 9.48 Å². The number of fused-ring (bicyclic) bond motifs is 2. The van der Waals surface area contributed by atoms with E-state index in [9.17, 15) is 9.59 Å². The predicted molar refractivity (Wildman–Crippen MR) is 93.2 cm³/mol. The molecule has 8 heteroatoms. The molecule has 1 atom stereocenters. The molecule has 1 N–H and O–H groups in total. The number of carbonyl (C=O) groups is 1. The number of ether oxygens (including phenoxy) is 2. The number of aryl methyl sites for hydroxylation is 1. The second-order valence-corrected chi connectivity index (χ2v) is 6.72. The lowest BCUT2D eigenvalue weighted by molar-refractivity contribution is -0.122. The van der Waals surface area contributed by atoms with Gasteiger partial charge in [0.2, 0.25) is 12.7 Å². The molecule has 1 amide bonds. The van der Waals surface area contributed by atoms with E-state index in [1.54, 1.807) is 4.57 Å². The van der Waals surface area contributed by atoms with Crippen LogP contribution in [-0.2, 0) is 24.3 Å². The van der Waals surface area contributed by atoms with Gasteiger partial charge in [-0.2, -0.15) is 5.10 Å². The molecule has 2 aliphatic heterocycles. The maximum Gasteiger partial charge on any atom is 0.346 e. The average Bonchev–Trinajstić information content (AvgIpc) is 3.12. The van der Waals surface area contributed by atoms with Gasteiger partial charge < -0.3 is 14.8 Å². The lowest BCUT2D eigenvalue weighted by atomic mass is 10.1. The lowest BCUT2D eigenvalue weighted by Crippen LogP contribution is -2.35. The van der Waals surface area contributed by atoms with Gasteiger partial charge in [0.15, 0.2) is 11.5 Å². The summed E-state index contributed by atoms with van der Waals surface area (Å²) < 4.78 is 13.6. The van der Waals surface area contributed by atoms with Crippen LogP contribution in [0.3, 0.4) is 0 Å². The minimum absolute atomic E-state index is 0.0757. The second kappa shape index (κ2) is 6.86. The largest absolute Gasteiger partial charge is 0.454 e. The van der Waals surface area contributed by atoms with Crippen molar-refractivity contribution in [1.29, 1.82) is 0 Å². The molecule has 3 heterocycles. The van der Waals surface area contributed by atoms with Crippen LogP contribution in [0, 0.1) is 0 Å². The summed E-state index contributed by atoms with van der Waals surface area (Å²) in [4.78, 5) is 24.8. The van der Waals surface area contributed by atoms with Crippen LogP contribution in [0.4, 0.5) is 0 Å². The minimum Gasteiger partial charge on any atom is -0.454 e. The summed E-state index contributed by atoms with van der Waals surface area (Å²) in [5.74, 6) is 1.92. The molecular formula is C18H22N4O4. The highest BCUT2D eigenvalue weighted by molar-refractivity contribution is 5.76. The van der Waals surface area contributed by atoms with Crippen molar-refractivity contribution < 1.29 is 14.3 Å². The van der Waals surface area contributed by atoms with E-state index >= 15 is 0 Å². The Morgan fingerprint density at radius 1 is 1.27 bits per heavy atom. The number of nitrogens with one attached hydrogen (secondary N) is 1. The molecule has 0 bridgehead atoms. The Kier molecular flexibility index (Phi) is 4.40. The molecule has 0 fully saturated rings. The zero-order chi connectivity index (χ0) is 18.1. The molecule has 138 valence electrons. The molecule has 0 saturated heterocycles. The SMILES string of the molecule is CC(NC(=O)Cn1nc2n(c1=O)CCCCC2)c1ccc2c(c1)OCO2. The number of nitrogens with zero attached hydrogens (tertiary/aromatic N) is 3. The zero-order valence-corrected chi connectivity index (χ0v) is 14.7. The topological polar surface area (TPSA) is 87.4 Å². The summed E-state index contributed by atoms with van der Waals surface area (Å²) in [6.45, 7) is 2.71. The Hall–Kier alpha value is -2.77. The fraction of sp³-hybridized carbons (Fsp3) is 0.500. The van der Waals surface area contributed by atoms with Gasteiger partial charge >= 0.3 is 5.69 Å². The first kappa shape index (κ1) is 16.7. The van der Waals surface area contributed by atoms with Crippen LogP contribution in [0.25, 0.3) is 0 Å². The van der Waals surface area contributed by atoms with Crippen molar-refractivity contribution in [2.45, 2.75) is 51.7 Å². The number of carbonyl (C=O) groups excluding carboxylic acids is 1. The molecule has 2 aliphatic rings. The summed E-state index contributed by atoms with van der Waals surface area (Å²) in [6, 6.07) is 5.37. The number of benzene rings is 1. The van der Waals surface area contributed by atoms with Crippen LogP contribution in [0.1, 0.15) is 43.6 Å². The first-order valence-corrected chi connectivity index (χ1v) is 8.97. The smallest absolute Gasteiger partial charge is 0.346 e. The van der Waals surface area contributed by atoms with Gasteiger partial charge in [-0.3, -0.25) is 9.36 Å². The lowest BCUT2D eigenvalue weighted by Gasteiger charge is -2.14.